The van der Waals surface area contributed by atoms with Gasteiger partial charge in [-0.25, -0.2) is 14.3 Å². The summed E-state index contributed by atoms with van der Waals surface area (Å²) >= 11 is 0. The molecule has 2 aromatic rings. The van der Waals surface area contributed by atoms with Gasteiger partial charge in [-0.15, -0.1) is 0 Å². The molecule has 15 heavy (non-hydrogen) atoms. The van der Waals surface area contributed by atoms with Gasteiger partial charge in [0.1, 0.15) is 5.56 Å². The Balaban J connectivity index is 2.78. The summed E-state index contributed by atoms with van der Waals surface area (Å²) in [6.07, 6.45) is 2.11. The highest BCUT2D eigenvalue weighted by molar-refractivity contribution is 5.94. The largest absolute Gasteiger partial charge is 0.477 e. The maximum absolute atomic E-state index is 10.9. The fourth-order valence-electron chi connectivity index (χ4n) is 1.51. The lowest BCUT2D eigenvalue weighted by atomic mass is 10.2. The molecule has 78 valence electrons. The minimum absolute atomic E-state index is 0.147. The number of hydrogen-bond acceptors (Lipinski definition) is 3. The van der Waals surface area contributed by atoms with E-state index >= 15 is 0 Å². The molecule has 0 aromatic carbocycles. The van der Waals surface area contributed by atoms with Crippen molar-refractivity contribution in [3.63, 3.8) is 0 Å². The quantitative estimate of drug-likeness (QED) is 0.802. The first-order valence-corrected chi connectivity index (χ1v) is 4.71. The van der Waals surface area contributed by atoms with Gasteiger partial charge in [-0.3, -0.25) is 0 Å². The molecule has 0 amide bonds. The highest BCUT2D eigenvalue weighted by Gasteiger charge is 2.14. The molecule has 0 unspecified atom stereocenters. The SMILES string of the molecule is CCc1cc(C)n2ncc(C(=O)O)c2n1. The molecule has 0 saturated carbocycles. The zero-order chi connectivity index (χ0) is 11.0. The van der Waals surface area contributed by atoms with Gasteiger partial charge in [0.25, 0.3) is 0 Å². The van der Waals surface area contributed by atoms with E-state index in [4.69, 9.17) is 5.11 Å². The van der Waals surface area contributed by atoms with Gasteiger partial charge in [-0.05, 0) is 19.4 Å². The van der Waals surface area contributed by atoms with Crippen LogP contribution in [-0.4, -0.2) is 25.7 Å². The molecule has 2 heterocycles. The molecular formula is C10H11N3O2. The molecule has 1 N–H and O–H groups in total. The minimum Gasteiger partial charge on any atom is -0.477 e. The van der Waals surface area contributed by atoms with Crippen LogP contribution in [0, 0.1) is 6.92 Å². The second-order valence-corrected chi connectivity index (χ2v) is 3.34. The van der Waals surface area contributed by atoms with Crippen LogP contribution >= 0.6 is 0 Å². The number of aromatic carboxylic acids is 1. The van der Waals surface area contributed by atoms with E-state index in [2.05, 4.69) is 10.1 Å². The van der Waals surface area contributed by atoms with Crippen LogP contribution in [0.5, 0.6) is 0 Å². The van der Waals surface area contributed by atoms with Crippen LogP contribution in [-0.2, 0) is 6.42 Å². The molecule has 0 saturated heterocycles. The number of aromatic nitrogens is 3. The van der Waals surface area contributed by atoms with E-state index in [1.165, 1.54) is 6.20 Å². The lowest BCUT2D eigenvalue weighted by molar-refractivity contribution is 0.0699. The molecule has 0 aliphatic heterocycles. The monoisotopic (exact) mass is 205 g/mol. The second kappa shape index (κ2) is 3.34. The summed E-state index contributed by atoms with van der Waals surface area (Å²) in [6, 6.07) is 1.91. The average molecular weight is 205 g/mol. The molecule has 2 aromatic heterocycles. The Hall–Kier alpha value is -1.91. The van der Waals surface area contributed by atoms with Gasteiger partial charge in [0, 0.05) is 11.4 Å². The van der Waals surface area contributed by atoms with Crippen LogP contribution in [0.2, 0.25) is 0 Å². The number of rotatable bonds is 2. The summed E-state index contributed by atoms with van der Waals surface area (Å²) in [5, 5.41) is 12.9. The van der Waals surface area contributed by atoms with Crippen LogP contribution in [0.4, 0.5) is 0 Å². The predicted octanol–water partition coefficient (Wildman–Crippen LogP) is 1.30. The van der Waals surface area contributed by atoms with Crippen molar-refractivity contribution < 1.29 is 9.90 Å². The summed E-state index contributed by atoms with van der Waals surface area (Å²) in [6.45, 7) is 3.86. The summed E-state index contributed by atoms with van der Waals surface area (Å²) in [4.78, 5) is 15.1. The van der Waals surface area contributed by atoms with Crippen molar-refractivity contribution in [2.24, 2.45) is 0 Å². The molecule has 2 rings (SSSR count). The van der Waals surface area contributed by atoms with Crippen LogP contribution in [0.1, 0.15) is 28.7 Å². The third-order valence-electron chi connectivity index (χ3n) is 2.30. The maximum atomic E-state index is 10.9. The normalized spacial score (nSPS) is 10.8. The number of nitrogens with zero attached hydrogens (tertiary/aromatic N) is 3. The molecule has 5 heteroatoms. The Labute approximate surface area is 86.4 Å². The molecular weight excluding hydrogens is 194 g/mol. The van der Waals surface area contributed by atoms with E-state index in [9.17, 15) is 4.79 Å². The lowest BCUT2D eigenvalue weighted by Gasteiger charge is -2.02. The Morgan fingerprint density at radius 3 is 2.93 bits per heavy atom. The molecule has 0 aliphatic rings. The number of carbonyl (C=O) groups is 1. The van der Waals surface area contributed by atoms with Gasteiger partial charge in [0.15, 0.2) is 5.65 Å². The van der Waals surface area contributed by atoms with Crippen molar-refractivity contribution in [1.29, 1.82) is 0 Å². The standard InChI is InChI=1S/C10H11N3O2/c1-3-7-4-6(2)13-9(12-7)8(5-11-13)10(14)15/h4-5H,3H2,1-2H3,(H,14,15). The number of carboxylic acid groups (broad SMARTS) is 1. The van der Waals surface area contributed by atoms with Gasteiger partial charge < -0.3 is 5.11 Å². The molecule has 0 atom stereocenters. The first-order chi connectivity index (χ1) is 7.13. The summed E-state index contributed by atoms with van der Waals surface area (Å²) in [5.41, 5.74) is 2.33. The highest BCUT2D eigenvalue weighted by Crippen LogP contribution is 2.12. The van der Waals surface area contributed by atoms with Gasteiger partial charge in [0.2, 0.25) is 0 Å². The molecule has 0 fully saturated rings. The van der Waals surface area contributed by atoms with Gasteiger partial charge in [-0.1, -0.05) is 6.92 Å². The number of hydrogen-bond donors (Lipinski definition) is 1. The third kappa shape index (κ3) is 1.45. The van der Waals surface area contributed by atoms with Crippen molar-refractivity contribution >= 4 is 11.6 Å². The summed E-state index contributed by atoms with van der Waals surface area (Å²) < 4.78 is 1.54. The molecule has 0 bridgehead atoms. The predicted molar refractivity (Wildman–Crippen MR) is 54.1 cm³/mol. The Morgan fingerprint density at radius 1 is 1.60 bits per heavy atom. The second-order valence-electron chi connectivity index (χ2n) is 3.34. The maximum Gasteiger partial charge on any atom is 0.341 e. The highest BCUT2D eigenvalue weighted by atomic mass is 16.4. The Kier molecular flexibility index (Phi) is 2.15. The first-order valence-electron chi connectivity index (χ1n) is 4.71. The average Bonchev–Trinajstić information content (AvgIpc) is 2.61. The lowest BCUT2D eigenvalue weighted by Crippen LogP contribution is -2.02. The zero-order valence-corrected chi connectivity index (χ0v) is 8.56. The van der Waals surface area contributed by atoms with Crippen LogP contribution < -0.4 is 0 Å². The van der Waals surface area contributed by atoms with Gasteiger partial charge in [0.05, 0.1) is 6.20 Å². The number of carboxylic acids is 1. The van der Waals surface area contributed by atoms with E-state index < -0.39 is 5.97 Å². The zero-order valence-electron chi connectivity index (χ0n) is 8.56. The van der Waals surface area contributed by atoms with Crippen LogP contribution in [0.3, 0.4) is 0 Å². The fraction of sp³-hybridized carbons (Fsp3) is 0.300. The van der Waals surface area contributed by atoms with Gasteiger partial charge >= 0.3 is 5.97 Å². The molecule has 5 nitrogen and oxygen atoms in total. The molecule has 0 spiro atoms. The number of fused-ring (bicyclic) bond motifs is 1. The third-order valence-corrected chi connectivity index (χ3v) is 2.30. The Bertz CT molecular complexity index is 531. The first kappa shape index (κ1) is 9.64. The number of aryl methyl sites for hydroxylation is 2. The van der Waals surface area contributed by atoms with E-state index in [0.29, 0.717) is 5.65 Å². The van der Waals surface area contributed by atoms with Crippen molar-refractivity contribution in [2.75, 3.05) is 0 Å². The summed E-state index contributed by atoms with van der Waals surface area (Å²) in [5.74, 6) is -0.995. The van der Waals surface area contributed by atoms with Crippen molar-refractivity contribution in [3.05, 3.63) is 29.2 Å². The van der Waals surface area contributed by atoms with E-state index in [1.807, 2.05) is 19.9 Å². The van der Waals surface area contributed by atoms with E-state index in [1.54, 1.807) is 4.52 Å². The topological polar surface area (TPSA) is 67.5 Å². The van der Waals surface area contributed by atoms with Crippen LogP contribution in [0.25, 0.3) is 5.65 Å². The van der Waals surface area contributed by atoms with Gasteiger partial charge in [-0.2, -0.15) is 5.10 Å². The minimum atomic E-state index is -0.995. The van der Waals surface area contributed by atoms with Crippen LogP contribution in [0.15, 0.2) is 12.3 Å². The van der Waals surface area contributed by atoms with E-state index in [-0.39, 0.29) is 5.56 Å². The molecule has 0 aliphatic carbocycles. The van der Waals surface area contributed by atoms with Crippen molar-refractivity contribution in [3.8, 4) is 0 Å². The van der Waals surface area contributed by atoms with Crippen molar-refractivity contribution in [1.82, 2.24) is 14.6 Å². The Morgan fingerprint density at radius 2 is 2.33 bits per heavy atom. The summed E-state index contributed by atoms with van der Waals surface area (Å²) in [7, 11) is 0. The van der Waals surface area contributed by atoms with Crippen molar-refractivity contribution in [2.45, 2.75) is 20.3 Å². The van der Waals surface area contributed by atoms with E-state index in [0.717, 1.165) is 17.8 Å². The molecule has 0 radical (unpaired) electrons. The smallest absolute Gasteiger partial charge is 0.341 e. The fourth-order valence-corrected chi connectivity index (χ4v) is 1.51.